The molecule has 1 fully saturated rings. The van der Waals surface area contributed by atoms with Crippen LogP contribution >= 0.6 is 0 Å². The van der Waals surface area contributed by atoms with E-state index in [1.165, 1.54) is 10.4 Å². The summed E-state index contributed by atoms with van der Waals surface area (Å²) in [5.41, 5.74) is 0.209. The molecule has 3 nitrogen and oxygen atoms in total. The average molecular weight is 275 g/mol. The fraction of sp³-hybridized carbons (Fsp3) is 0.500. The van der Waals surface area contributed by atoms with Crippen LogP contribution < -0.4 is 0 Å². The van der Waals surface area contributed by atoms with Gasteiger partial charge in [0.15, 0.2) is 0 Å². The maximum atomic E-state index is 13.5. The van der Waals surface area contributed by atoms with Gasteiger partial charge in [-0.1, -0.05) is 6.07 Å². The number of nitrogens with zero attached hydrogens (tertiary/aromatic N) is 1. The standard InChI is InChI=1S/C12H15F2NO2S/c1-2-18(16,17)15(11-5-6-11)8-9-3-4-10(13)7-12(9)14/h3-4,7,11H,2,5-6,8H2,1H3. The third kappa shape index (κ3) is 2.87. The predicted octanol–water partition coefficient (Wildman–Crippen LogP) is 2.28. The first-order valence-corrected chi connectivity index (χ1v) is 7.48. The first-order valence-electron chi connectivity index (χ1n) is 5.87. The molecule has 18 heavy (non-hydrogen) atoms. The molecule has 100 valence electrons. The highest BCUT2D eigenvalue weighted by Gasteiger charge is 2.36. The van der Waals surface area contributed by atoms with Crippen LogP contribution in [0.15, 0.2) is 18.2 Å². The van der Waals surface area contributed by atoms with Crippen molar-refractivity contribution in [1.82, 2.24) is 4.31 Å². The highest BCUT2D eigenvalue weighted by atomic mass is 32.2. The topological polar surface area (TPSA) is 37.4 Å². The largest absolute Gasteiger partial charge is 0.214 e. The molecule has 0 unspecified atom stereocenters. The van der Waals surface area contributed by atoms with Gasteiger partial charge in [-0.05, 0) is 25.8 Å². The fourth-order valence-corrected chi connectivity index (χ4v) is 3.13. The van der Waals surface area contributed by atoms with Crippen molar-refractivity contribution in [3.05, 3.63) is 35.4 Å². The van der Waals surface area contributed by atoms with Gasteiger partial charge in [-0.3, -0.25) is 0 Å². The SMILES string of the molecule is CCS(=O)(=O)N(Cc1ccc(F)cc1F)C1CC1. The van der Waals surface area contributed by atoms with Crippen LogP contribution in [-0.4, -0.2) is 24.5 Å². The van der Waals surface area contributed by atoms with E-state index in [0.717, 1.165) is 25.0 Å². The molecular weight excluding hydrogens is 260 g/mol. The van der Waals surface area contributed by atoms with Crippen LogP contribution in [0.2, 0.25) is 0 Å². The van der Waals surface area contributed by atoms with Gasteiger partial charge in [0.2, 0.25) is 10.0 Å². The number of benzene rings is 1. The van der Waals surface area contributed by atoms with Crippen molar-refractivity contribution in [2.75, 3.05) is 5.75 Å². The van der Waals surface area contributed by atoms with Crippen LogP contribution in [0.4, 0.5) is 8.78 Å². The molecule has 1 aromatic rings. The lowest BCUT2D eigenvalue weighted by Gasteiger charge is -2.21. The summed E-state index contributed by atoms with van der Waals surface area (Å²) >= 11 is 0. The molecule has 0 heterocycles. The Morgan fingerprint density at radius 1 is 1.33 bits per heavy atom. The Morgan fingerprint density at radius 3 is 2.50 bits per heavy atom. The monoisotopic (exact) mass is 275 g/mol. The van der Waals surface area contributed by atoms with E-state index >= 15 is 0 Å². The quantitative estimate of drug-likeness (QED) is 0.826. The second kappa shape index (κ2) is 4.93. The summed E-state index contributed by atoms with van der Waals surface area (Å²) in [5.74, 6) is -1.37. The van der Waals surface area contributed by atoms with E-state index in [9.17, 15) is 17.2 Å². The molecule has 0 atom stereocenters. The van der Waals surface area contributed by atoms with Gasteiger partial charge in [-0.15, -0.1) is 0 Å². The number of hydrogen-bond donors (Lipinski definition) is 0. The minimum absolute atomic E-state index is 0.00763. The predicted molar refractivity (Wildman–Crippen MR) is 64.4 cm³/mol. The molecule has 0 aromatic heterocycles. The van der Waals surface area contributed by atoms with Crippen LogP contribution in [-0.2, 0) is 16.6 Å². The lowest BCUT2D eigenvalue weighted by molar-refractivity contribution is 0.391. The molecule has 1 saturated carbocycles. The smallest absolute Gasteiger partial charge is 0.212 e. The summed E-state index contributed by atoms with van der Waals surface area (Å²) in [6, 6.07) is 3.19. The van der Waals surface area contributed by atoms with Crippen molar-refractivity contribution in [2.45, 2.75) is 32.4 Å². The first kappa shape index (κ1) is 13.4. The van der Waals surface area contributed by atoms with E-state index < -0.39 is 21.7 Å². The molecule has 0 bridgehead atoms. The van der Waals surface area contributed by atoms with Crippen LogP contribution in [0.3, 0.4) is 0 Å². The van der Waals surface area contributed by atoms with Gasteiger partial charge in [-0.25, -0.2) is 17.2 Å². The number of hydrogen-bond acceptors (Lipinski definition) is 2. The Balaban J connectivity index is 2.24. The molecule has 0 radical (unpaired) electrons. The molecular formula is C12H15F2NO2S. The van der Waals surface area contributed by atoms with Crippen LogP contribution in [0.5, 0.6) is 0 Å². The van der Waals surface area contributed by atoms with E-state index in [1.54, 1.807) is 6.92 Å². The minimum atomic E-state index is -3.35. The van der Waals surface area contributed by atoms with Crippen molar-refractivity contribution >= 4 is 10.0 Å². The second-order valence-electron chi connectivity index (χ2n) is 4.41. The zero-order valence-electron chi connectivity index (χ0n) is 10.1. The number of rotatable bonds is 5. The van der Waals surface area contributed by atoms with E-state index in [1.807, 2.05) is 0 Å². The lowest BCUT2D eigenvalue weighted by Crippen LogP contribution is -2.34. The molecule has 1 aromatic carbocycles. The zero-order valence-corrected chi connectivity index (χ0v) is 10.9. The molecule has 0 N–H and O–H groups in total. The minimum Gasteiger partial charge on any atom is -0.212 e. The van der Waals surface area contributed by atoms with Gasteiger partial charge in [0.05, 0.1) is 5.75 Å². The first-order chi connectivity index (χ1) is 8.44. The molecule has 1 aliphatic rings. The zero-order chi connectivity index (χ0) is 13.3. The molecule has 0 aliphatic heterocycles. The number of halogens is 2. The van der Waals surface area contributed by atoms with Crippen molar-refractivity contribution < 1.29 is 17.2 Å². The van der Waals surface area contributed by atoms with Crippen molar-refractivity contribution in [3.8, 4) is 0 Å². The summed E-state index contributed by atoms with van der Waals surface area (Å²) in [4.78, 5) is 0. The molecule has 6 heteroatoms. The van der Waals surface area contributed by atoms with E-state index in [-0.39, 0.29) is 23.9 Å². The lowest BCUT2D eigenvalue weighted by atomic mass is 10.2. The normalized spacial score (nSPS) is 16.2. The number of sulfonamides is 1. The summed E-state index contributed by atoms with van der Waals surface area (Å²) in [7, 11) is -3.35. The van der Waals surface area contributed by atoms with Crippen molar-refractivity contribution in [3.63, 3.8) is 0 Å². The fourth-order valence-electron chi connectivity index (χ4n) is 1.80. The molecule has 0 saturated heterocycles. The van der Waals surface area contributed by atoms with E-state index in [2.05, 4.69) is 0 Å². The highest BCUT2D eigenvalue weighted by molar-refractivity contribution is 7.89. The van der Waals surface area contributed by atoms with E-state index in [4.69, 9.17) is 0 Å². The molecule has 2 rings (SSSR count). The summed E-state index contributed by atoms with van der Waals surface area (Å²) in [6.07, 6.45) is 1.62. The Kier molecular flexibility index (Phi) is 3.68. The van der Waals surface area contributed by atoms with Gasteiger partial charge in [-0.2, -0.15) is 4.31 Å². The van der Waals surface area contributed by atoms with E-state index in [0.29, 0.717) is 0 Å². The summed E-state index contributed by atoms with van der Waals surface area (Å²) < 4.78 is 51.4. The Morgan fingerprint density at radius 2 is 2.00 bits per heavy atom. The Hall–Kier alpha value is -1.01. The summed E-state index contributed by atoms with van der Waals surface area (Å²) in [5, 5.41) is 0. The highest BCUT2D eigenvalue weighted by Crippen LogP contribution is 2.31. The molecule has 0 spiro atoms. The Labute approximate surface area is 105 Å². The third-order valence-corrected chi connectivity index (χ3v) is 4.89. The van der Waals surface area contributed by atoms with Gasteiger partial charge >= 0.3 is 0 Å². The van der Waals surface area contributed by atoms with Crippen molar-refractivity contribution in [1.29, 1.82) is 0 Å². The van der Waals surface area contributed by atoms with Gasteiger partial charge in [0, 0.05) is 24.2 Å². The maximum absolute atomic E-state index is 13.5. The third-order valence-electron chi connectivity index (χ3n) is 3.02. The van der Waals surface area contributed by atoms with Crippen LogP contribution in [0.25, 0.3) is 0 Å². The van der Waals surface area contributed by atoms with Gasteiger partial charge in [0.25, 0.3) is 0 Å². The van der Waals surface area contributed by atoms with Gasteiger partial charge in [0.1, 0.15) is 11.6 Å². The maximum Gasteiger partial charge on any atom is 0.214 e. The van der Waals surface area contributed by atoms with Crippen LogP contribution in [0, 0.1) is 11.6 Å². The van der Waals surface area contributed by atoms with Gasteiger partial charge < -0.3 is 0 Å². The van der Waals surface area contributed by atoms with Crippen molar-refractivity contribution in [2.24, 2.45) is 0 Å². The second-order valence-corrected chi connectivity index (χ2v) is 6.62. The molecule has 0 amide bonds. The molecule has 1 aliphatic carbocycles. The van der Waals surface area contributed by atoms with Crippen LogP contribution in [0.1, 0.15) is 25.3 Å². The summed E-state index contributed by atoms with van der Waals surface area (Å²) in [6.45, 7) is 1.54. The Bertz CT molecular complexity index is 541. The average Bonchev–Trinajstić information content (AvgIpc) is 3.11.